The smallest absolute Gasteiger partial charge is 0.404 e. The van der Waals surface area contributed by atoms with E-state index in [1.807, 2.05) is 0 Å². The summed E-state index contributed by atoms with van der Waals surface area (Å²) in [6, 6.07) is 8.72. The van der Waals surface area contributed by atoms with Crippen LogP contribution in [0.4, 0.5) is 23.7 Å². The summed E-state index contributed by atoms with van der Waals surface area (Å²) in [6.45, 7) is 1.03. The number of urea groups is 1. The lowest BCUT2D eigenvalue weighted by Gasteiger charge is -2.36. The summed E-state index contributed by atoms with van der Waals surface area (Å²) in [7, 11) is 0. The number of hydrogen-bond donors (Lipinski definition) is 3. The van der Waals surface area contributed by atoms with Crippen LogP contribution in [0.15, 0.2) is 53.9 Å². The number of carbonyl (C=O) groups is 2. The molecule has 0 spiro atoms. The number of carbonyl (C=O) groups excluding carboxylic acids is 2. The van der Waals surface area contributed by atoms with Crippen LogP contribution in [-0.2, 0) is 4.79 Å². The molecule has 1 aromatic carbocycles. The Bertz CT molecular complexity index is 1480. The molecule has 1 aliphatic heterocycles. The third-order valence-corrected chi connectivity index (χ3v) is 5.91. The van der Waals surface area contributed by atoms with Crippen LogP contribution < -0.4 is 16.4 Å². The Balaban J connectivity index is 1.47. The number of nitrogens with two attached hydrogens (primary N) is 1. The quantitative estimate of drug-likeness (QED) is 0.393. The number of rotatable bonds is 7. The van der Waals surface area contributed by atoms with E-state index >= 15 is 0 Å². The van der Waals surface area contributed by atoms with Gasteiger partial charge in [0.25, 0.3) is 0 Å². The van der Waals surface area contributed by atoms with Crippen LogP contribution in [0.5, 0.6) is 0 Å². The largest absolute Gasteiger partial charge is 0.405 e. The number of imidazole rings is 1. The lowest BCUT2D eigenvalue weighted by atomic mass is 10.0. The van der Waals surface area contributed by atoms with Gasteiger partial charge >= 0.3 is 12.2 Å². The van der Waals surface area contributed by atoms with Crippen molar-refractivity contribution in [1.82, 2.24) is 24.8 Å². The number of halogens is 3. The van der Waals surface area contributed by atoms with Gasteiger partial charge in [0.2, 0.25) is 5.91 Å². The van der Waals surface area contributed by atoms with E-state index in [1.165, 1.54) is 12.4 Å². The molecule has 202 valence electrons. The topological polar surface area (TPSA) is 154 Å². The molecule has 0 aliphatic carbocycles. The standard InChI is InChI=1S/C25H24F3N9O2/c1-15(23(38)36-12-16(7-29)13-36)31-9-19(8-30)18-6-22-32-11-21(37(22)34-10-18)17-3-2-4-20(5-17)35-24(39)33-14-25(26,27)28/h2-6,8-11,15-16H,12-14,30H2,1H3,(H2,33,35,39). The number of nitrogens with zero attached hydrogens (tertiary/aromatic N) is 6. The van der Waals surface area contributed by atoms with Crippen LogP contribution >= 0.6 is 0 Å². The van der Waals surface area contributed by atoms with Gasteiger partial charge < -0.3 is 21.3 Å². The van der Waals surface area contributed by atoms with Crippen molar-refractivity contribution in [3.05, 3.63) is 54.5 Å². The Labute approximate surface area is 220 Å². The van der Waals surface area contributed by atoms with Crippen molar-refractivity contribution in [3.63, 3.8) is 0 Å². The minimum atomic E-state index is -4.52. The molecule has 2 aromatic heterocycles. The summed E-state index contributed by atoms with van der Waals surface area (Å²) in [5.41, 5.74) is 8.88. The van der Waals surface area contributed by atoms with Gasteiger partial charge in [0, 0.05) is 47.9 Å². The van der Waals surface area contributed by atoms with Gasteiger partial charge in [-0.2, -0.15) is 23.5 Å². The SMILES string of the molecule is CC(N=CC(=CN)c1cnn2c(-c3cccc(NC(=O)NCC(F)(F)F)c3)cnc2c1)C(=O)N1CC(C#N)C1. The first kappa shape index (κ1) is 27.1. The van der Waals surface area contributed by atoms with E-state index in [4.69, 9.17) is 11.0 Å². The Morgan fingerprint density at radius 3 is 2.77 bits per heavy atom. The number of anilines is 1. The minimum absolute atomic E-state index is 0.136. The number of fused-ring (bicyclic) bond motifs is 1. The molecule has 1 fully saturated rings. The van der Waals surface area contributed by atoms with Crippen LogP contribution in [-0.4, -0.2) is 69.5 Å². The molecule has 4 rings (SSSR count). The highest BCUT2D eigenvalue weighted by Gasteiger charge is 2.32. The summed E-state index contributed by atoms with van der Waals surface area (Å²) in [5.74, 6) is -0.307. The first-order chi connectivity index (χ1) is 18.6. The predicted molar refractivity (Wildman–Crippen MR) is 137 cm³/mol. The van der Waals surface area contributed by atoms with Gasteiger partial charge in [-0.25, -0.2) is 14.3 Å². The zero-order chi connectivity index (χ0) is 28.2. The summed E-state index contributed by atoms with van der Waals surface area (Å²) < 4.78 is 38.5. The summed E-state index contributed by atoms with van der Waals surface area (Å²) in [4.78, 5) is 34.5. The van der Waals surface area contributed by atoms with Crippen LogP contribution in [0.3, 0.4) is 0 Å². The van der Waals surface area contributed by atoms with E-state index in [1.54, 1.807) is 64.4 Å². The fourth-order valence-corrected chi connectivity index (χ4v) is 3.82. The zero-order valence-electron chi connectivity index (χ0n) is 20.7. The van der Waals surface area contributed by atoms with Crippen molar-refractivity contribution in [1.29, 1.82) is 5.26 Å². The number of alkyl halides is 3. The molecule has 1 saturated heterocycles. The highest BCUT2D eigenvalue weighted by molar-refractivity contribution is 6.10. The number of benzene rings is 1. The molecule has 0 bridgehead atoms. The molecular weight excluding hydrogens is 515 g/mol. The van der Waals surface area contributed by atoms with E-state index in [0.29, 0.717) is 41.1 Å². The summed E-state index contributed by atoms with van der Waals surface area (Å²) >= 11 is 0. The monoisotopic (exact) mass is 539 g/mol. The molecule has 1 unspecified atom stereocenters. The molecule has 3 aromatic rings. The second-order valence-electron chi connectivity index (χ2n) is 8.81. The number of aromatic nitrogens is 3. The van der Waals surface area contributed by atoms with Gasteiger partial charge in [0.05, 0.1) is 30.1 Å². The van der Waals surface area contributed by atoms with E-state index in [9.17, 15) is 22.8 Å². The predicted octanol–water partition coefficient (Wildman–Crippen LogP) is 2.82. The number of hydrogen-bond acceptors (Lipinski definition) is 7. The first-order valence-electron chi connectivity index (χ1n) is 11.8. The van der Waals surface area contributed by atoms with E-state index < -0.39 is 24.8 Å². The molecule has 1 aliphatic rings. The number of nitrogens with one attached hydrogen (secondary N) is 2. The average molecular weight is 540 g/mol. The van der Waals surface area contributed by atoms with Crippen molar-refractivity contribution >= 4 is 35.1 Å². The second-order valence-corrected chi connectivity index (χ2v) is 8.81. The number of likely N-dealkylation sites (tertiary alicyclic amines) is 1. The number of nitriles is 1. The highest BCUT2D eigenvalue weighted by atomic mass is 19.4. The summed E-state index contributed by atoms with van der Waals surface area (Å²) in [6.07, 6.45) is 1.43. The lowest BCUT2D eigenvalue weighted by Crippen LogP contribution is -2.52. The summed E-state index contributed by atoms with van der Waals surface area (Å²) in [5, 5.41) is 17.4. The maximum Gasteiger partial charge on any atom is 0.405 e. The van der Waals surface area contributed by atoms with Crippen LogP contribution in [0.25, 0.3) is 22.5 Å². The highest BCUT2D eigenvalue weighted by Crippen LogP contribution is 2.25. The molecule has 3 amide bonds. The zero-order valence-corrected chi connectivity index (χ0v) is 20.7. The van der Waals surface area contributed by atoms with E-state index in [0.717, 1.165) is 0 Å². The van der Waals surface area contributed by atoms with Gasteiger partial charge in [-0.15, -0.1) is 0 Å². The van der Waals surface area contributed by atoms with E-state index in [2.05, 4.69) is 26.5 Å². The third kappa shape index (κ3) is 6.50. The maximum absolute atomic E-state index is 12.4. The molecule has 0 radical (unpaired) electrons. The maximum atomic E-state index is 12.4. The van der Waals surface area contributed by atoms with Gasteiger partial charge in [-0.1, -0.05) is 12.1 Å². The molecule has 39 heavy (non-hydrogen) atoms. The second kappa shape index (κ2) is 11.2. The van der Waals surface area contributed by atoms with Crippen LogP contribution in [0.2, 0.25) is 0 Å². The van der Waals surface area contributed by atoms with Crippen LogP contribution in [0, 0.1) is 17.2 Å². The Morgan fingerprint density at radius 2 is 2.08 bits per heavy atom. The minimum Gasteiger partial charge on any atom is -0.404 e. The molecule has 14 heteroatoms. The third-order valence-electron chi connectivity index (χ3n) is 5.91. The molecule has 0 saturated carbocycles. The number of amides is 3. The Morgan fingerprint density at radius 1 is 1.31 bits per heavy atom. The molecule has 3 heterocycles. The average Bonchev–Trinajstić information content (AvgIpc) is 3.30. The molecular formula is C25H24F3N9O2. The van der Waals surface area contributed by atoms with Crippen molar-refractivity contribution < 1.29 is 22.8 Å². The fourth-order valence-electron chi connectivity index (χ4n) is 3.82. The normalized spacial score (nSPS) is 15.2. The first-order valence-corrected chi connectivity index (χ1v) is 11.8. The van der Waals surface area contributed by atoms with Gasteiger partial charge in [0.15, 0.2) is 5.65 Å². The van der Waals surface area contributed by atoms with Crippen LogP contribution in [0.1, 0.15) is 12.5 Å². The Kier molecular flexibility index (Phi) is 7.80. The van der Waals surface area contributed by atoms with E-state index in [-0.39, 0.29) is 17.5 Å². The van der Waals surface area contributed by atoms with Gasteiger partial charge in [0.1, 0.15) is 12.6 Å². The Hall–Kier alpha value is -4.93. The molecule has 4 N–H and O–H groups in total. The number of aliphatic imine (C=N–C) groups is 1. The lowest BCUT2D eigenvalue weighted by molar-refractivity contribution is -0.137. The van der Waals surface area contributed by atoms with Gasteiger partial charge in [-0.05, 0) is 25.1 Å². The number of allylic oxidation sites excluding steroid dienone is 1. The molecule has 11 nitrogen and oxygen atoms in total. The van der Waals surface area contributed by atoms with Crippen molar-refractivity contribution in [3.8, 4) is 17.3 Å². The van der Waals surface area contributed by atoms with Crippen molar-refractivity contribution in [2.24, 2.45) is 16.6 Å². The van der Waals surface area contributed by atoms with Gasteiger partial charge in [-0.3, -0.25) is 9.79 Å². The van der Waals surface area contributed by atoms with Crippen molar-refractivity contribution in [2.75, 3.05) is 25.0 Å². The molecule has 1 atom stereocenters. The van der Waals surface area contributed by atoms with Crippen molar-refractivity contribution in [2.45, 2.75) is 19.1 Å². The fraction of sp³-hybridized carbons (Fsp3) is 0.280.